The molecule has 0 aliphatic heterocycles. The second-order valence-corrected chi connectivity index (χ2v) is 21.0. The van der Waals surface area contributed by atoms with Crippen LogP contribution in [0.2, 0.25) is 0 Å². The molecule has 9 rings (SSSR count). The van der Waals surface area contributed by atoms with Gasteiger partial charge < -0.3 is 24.8 Å². The van der Waals surface area contributed by atoms with Gasteiger partial charge in [0.05, 0.1) is 0 Å². The molecular formula is C40H44Cl2Zr. The van der Waals surface area contributed by atoms with Crippen LogP contribution in [0.15, 0.2) is 87.2 Å². The number of fused-ring (bicyclic) bond motifs is 3. The maximum Gasteiger partial charge on any atom is -1.00 e. The molecule has 0 amide bonds. The summed E-state index contributed by atoms with van der Waals surface area (Å²) in [5.41, 5.74) is 13.0. The van der Waals surface area contributed by atoms with Gasteiger partial charge in [-0.15, -0.1) is 0 Å². The van der Waals surface area contributed by atoms with Crippen LogP contribution in [0.1, 0.15) is 88.0 Å². The normalized spacial score (nSPS) is 28.1. The molecule has 3 aromatic carbocycles. The summed E-state index contributed by atoms with van der Waals surface area (Å²) in [6.07, 6.45) is 14.4. The maximum absolute atomic E-state index is 2.74. The average Bonchev–Trinajstić information content (AvgIpc) is 3.45. The second kappa shape index (κ2) is 12.0. The molecule has 0 heterocycles. The Labute approximate surface area is 279 Å². The molecule has 0 aromatic heterocycles. The van der Waals surface area contributed by atoms with E-state index >= 15 is 0 Å². The first-order valence-corrected chi connectivity index (χ1v) is 20.0. The van der Waals surface area contributed by atoms with Gasteiger partial charge in [0.25, 0.3) is 0 Å². The van der Waals surface area contributed by atoms with E-state index in [0.29, 0.717) is 11.3 Å². The smallest absolute Gasteiger partial charge is 1.00 e. The number of hydrogen-bond donors (Lipinski definition) is 0. The van der Waals surface area contributed by atoms with E-state index in [1.807, 2.05) is 3.28 Å². The topological polar surface area (TPSA) is 0 Å². The van der Waals surface area contributed by atoms with Crippen molar-refractivity contribution in [2.45, 2.75) is 79.1 Å². The molecule has 3 heteroatoms. The largest absolute Gasteiger partial charge is 1.00 e. The molecule has 4 saturated carbocycles. The minimum absolute atomic E-state index is 0. The zero-order valence-corrected chi connectivity index (χ0v) is 30.1. The summed E-state index contributed by atoms with van der Waals surface area (Å²) in [5.74, 6) is 3.65. The van der Waals surface area contributed by atoms with Gasteiger partial charge in [0, 0.05) is 0 Å². The van der Waals surface area contributed by atoms with Crippen molar-refractivity contribution in [3.05, 3.63) is 109 Å². The molecule has 222 valence electrons. The van der Waals surface area contributed by atoms with Gasteiger partial charge in [0.1, 0.15) is 0 Å². The summed E-state index contributed by atoms with van der Waals surface area (Å²) in [5, 5.41) is 0. The Balaban J connectivity index is 0.00000165. The SMILES string of the molecule is CC1=[C](/[Zr+2](=[C](\C)c2ccc(C)cc2)[c]2cccc3c2Cc2ccccc2-3)C(C)C=C1CC12CC3CC(CC(C3)C1)C2.[Cl-].[Cl-]. The quantitative estimate of drug-likeness (QED) is 0.302. The first kappa shape index (κ1) is 31.5. The number of rotatable bonds is 5. The van der Waals surface area contributed by atoms with Crippen LogP contribution >= 0.6 is 0 Å². The molecule has 4 fully saturated rings. The summed E-state index contributed by atoms with van der Waals surface area (Å²) in [4.78, 5) is 0. The number of hydrogen-bond acceptors (Lipinski definition) is 0. The van der Waals surface area contributed by atoms with Gasteiger partial charge in [-0.2, -0.15) is 0 Å². The minimum atomic E-state index is -2.47. The van der Waals surface area contributed by atoms with Crippen molar-refractivity contribution in [2.75, 3.05) is 0 Å². The predicted octanol–water partition coefficient (Wildman–Crippen LogP) is 3.51. The molecule has 4 bridgehead atoms. The van der Waals surface area contributed by atoms with Gasteiger partial charge >= 0.3 is 257 Å². The fourth-order valence-corrected chi connectivity index (χ4v) is 18.8. The van der Waals surface area contributed by atoms with Crippen LogP contribution in [-0.4, -0.2) is 3.21 Å². The van der Waals surface area contributed by atoms with E-state index in [-0.39, 0.29) is 24.8 Å². The third-order valence-electron chi connectivity index (χ3n) is 11.8. The molecule has 3 aromatic rings. The van der Waals surface area contributed by atoms with Crippen molar-refractivity contribution in [3.63, 3.8) is 0 Å². The van der Waals surface area contributed by atoms with E-state index in [9.17, 15) is 0 Å². The van der Waals surface area contributed by atoms with E-state index in [0.717, 1.165) is 24.2 Å². The predicted molar refractivity (Wildman–Crippen MR) is 170 cm³/mol. The number of aryl methyl sites for hydroxylation is 1. The molecule has 6 aliphatic carbocycles. The Morgan fingerprint density at radius 2 is 1.42 bits per heavy atom. The summed E-state index contributed by atoms with van der Waals surface area (Å²) in [6.45, 7) is 9.79. The maximum atomic E-state index is 2.74. The van der Waals surface area contributed by atoms with Gasteiger partial charge in [-0.1, -0.05) is 0 Å². The van der Waals surface area contributed by atoms with Crippen LogP contribution in [0.4, 0.5) is 0 Å². The van der Waals surface area contributed by atoms with Gasteiger partial charge in [-0.3, -0.25) is 0 Å². The first-order chi connectivity index (χ1) is 19.9. The molecule has 6 aliphatic rings. The number of allylic oxidation sites excluding steroid dienone is 4. The average molecular weight is 687 g/mol. The van der Waals surface area contributed by atoms with Crippen LogP contribution in [-0.2, 0) is 27.7 Å². The minimum Gasteiger partial charge on any atom is -1.00 e. The Hall–Kier alpha value is -1.53. The van der Waals surface area contributed by atoms with Crippen molar-refractivity contribution in [1.29, 1.82) is 0 Å². The Kier molecular flexibility index (Phi) is 8.78. The molecule has 0 saturated heterocycles. The van der Waals surface area contributed by atoms with Crippen molar-refractivity contribution in [1.82, 2.24) is 0 Å². The molecule has 1 atom stereocenters. The molecule has 0 N–H and O–H groups in total. The molecule has 43 heavy (non-hydrogen) atoms. The van der Waals surface area contributed by atoms with Crippen molar-refractivity contribution in [2.24, 2.45) is 29.1 Å². The van der Waals surface area contributed by atoms with Crippen molar-refractivity contribution >= 4 is 6.48 Å². The summed E-state index contributed by atoms with van der Waals surface area (Å²) < 4.78 is 5.28. The van der Waals surface area contributed by atoms with Crippen molar-refractivity contribution in [3.8, 4) is 11.1 Å². The van der Waals surface area contributed by atoms with Gasteiger partial charge in [-0.25, -0.2) is 0 Å². The first-order valence-electron chi connectivity index (χ1n) is 16.3. The van der Waals surface area contributed by atoms with E-state index in [2.05, 4.69) is 101 Å². The van der Waals surface area contributed by atoms with E-state index in [1.165, 1.54) is 72.8 Å². The fraction of sp³-hybridized carbons (Fsp3) is 0.425. The van der Waals surface area contributed by atoms with Crippen LogP contribution in [0, 0.1) is 36.0 Å². The second-order valence-electron chi connectivity index (χ2n) is 14.6. The van der Waals surface area contributed by atoms with Crippen molar-refractivity contribution < 1.29 is 46.1 Å². The van der Waals surface area contributed by atoms with Gasteiger partial charge in [-0.05, 0) is 0 Å². The third kappa shape index (κ3) is 5.39. The monoisotopic (exact) mass is 684 g/mol. The zero-order valence-electron chi connectivity index (χ0n) is 26.2. The summed E-state index contributed by atoms with van der Waals surface area (Å²) in [6, 6.07) is 25.9. The zero-order chi connectivity index (χ0) is 27.9. The third-order valence-corrected chi connectivity index (χ3v) is 20.2. The standard InChI is InChI=1S/C18H25.C13H9.C9H10.2ClH.Zr/c1-12-3-13(2)17(4-12)11-18-8-14-5-15(9-18)7-16(6-14)10-18;1-3-7-12-10(5-1)9-11-6-2-4-8-13(11)12;1-3-9-6-4-8(2)5-7-9;;;/h4,12,14-16H,5-11H2,1-2H3;1-5,7-8H,9H2;4-7H,1-2H3;2*1H;/q;;;;;+2/p-2. The van der Waals surface area contributed by atoms with Crippen LogP contribution in [0.3, 0.4) is 0 Å². The Morgan fingerprint density at radius 1 is 0.791 bits per heavy atom. The Bertz CT molecular complexity index is 1620. The van der Waals surface area contributed by atoms with E-state index in [4.69, 9.17) is 0 Å². The molecule has 0 spiro atoms. The Morgan fingerprint density at radius 3 is 2.09 bits per heavy atom. The molecule has 0 nitrogen and oxygen atoms in total. The van der Waals surface area contributed by atoms with E-state index < -0.39 is 21.3 Å². The van der Waals surface area contributed by atoms with Gasteiger partial charge in [0.2, 0.25) is 0 Å². The van der Waals surface area contributed by atoms with Crippen LogP contribution < -0.4 is 28.1 Å². The van der Waals surface area contributed by atoms with E-state index in [1.54, 1.807) is 23.2 Å². The molecular weight excluding hydrogens is 643 g/mol. The van der Waals surface area contributed by atoms with Gasteiger partial charge in [0.15, 0.2) is 0 Å². The number of benzene rings is 3. The molecule has 0 radical (unpaired) electrons. The molecule has 1 unspecified atom stereocenters. The number of halogens is 2. The summed E-state index contributed by atoms with van der Waals surface area (Å²) in [7, 11) is 0. The van der Waals surface area contributed by atoms with Crippen LogP contribution in [0.5, 0.6) is 0 Å². The van der Waals surface area contributed by atoms with Crippen LogP contribution in [0.25, 0.3) is 11.1 Å². The fourth-order valence-electron chi connectivity index (χ4n) is 10.4. The summed E-state index contributed by atoms with van der Waals surface area (Å²) >= 11 is -2.47.